The van der Waals surface area contributed by atoms with Crippen LogP contribution in [-0.2, 0) is 11.2 Å². The van der Waals surface area contributed by atoms with E-state index in [0.717, 1.165) is 0 Å². The molecule has 5 nitrogen and oxygen atoms in total. The Morgan fingerprint density at radius 3 is 2.81 bits per heavy atom. The molecule has 2 rings (SSSR count). The molecule has 1 atom stereocenters. The van der Waals surface area contributed by atoms with Gasteiger partial charge >= 0.3 is 0 Å². The van der Waals surface area contributed by atoms with Crippen LogP contribution in [0.3, 0.4) is 0 Å². The smallest absolute Gasteiger partial charge is 0.277 e. The van der Waals surface area contributed by atoms with Crippen LogP contribution in [0.2, 0.25) is 0 Å². The van der Waals surface area contributed by atoms with E-state index in [1.165, 1.54) is 16.6 Å². The molecule has 0 aliphatic carbocycles. The minimum atomic E-state index is -0.222. The number of rotatable bonds is 7. The summed E-state index contributed by atoms with van der Waals surface area (Å²) in [7, 11) is 0. The molecule has 0 unspecified atom stereocenters. The fourth-order valence-electron chi connectivity index (χ4n) is 1.91. The van der Waals surface area contributed by atoms with Gasteiger partial charge in [-0.15, -0.1) is 21.5 Å². The maximum absolute atomic E-state index is 12.2. The highest BCUT2D eigenvalue weighted by Gasteiger charge is 2.21. The minimum Gasteiger partial charge on any atom is -0.416 e. The Kier molecular flexibility index (Phi) is 5.81. The molecule has 0 saturated heterocycles. The van der Waals surface area contributed by atoms with Gasteiger partial charge in [0.15, 0.2) is 0 Å². The zero-order valence-electron chi connectivity index (χ0n) is 12.4. The van der Waals surface area contributed by atoms with Crippen molar-refractivity contribution in [2.24, 2.45) is 0 Å². The van der Waals surface area contributed by atoms with Gasteiger partial charge in [-0.3, -0.25) is 4.79 Å². The maximum atomic E-state index is 12.2. The van der Waals surface area contributed by atoms with Crippen molar-refractivity contribution in [2.45, 2.75) is 37.7 Å². The van der Waals surface area contributed by atoms with E-state index in [0.29, 0.717) is 30.6 Å². The number of nitrogens with zero attached hydrogens (tertiary/aromatic N) is 3. The third-order valence-electron chi connectivity index (χ3n) is 3.05. The molecule has 2 aromatic rings. The number of hydrogen-bond acceptors (Lipinski definition) is 6. The Bertz CT molecular complexity index is 565. The standard InChI is InChI=1S/C14H19N3O2S2/c1-4-17(5-2)13(18)10(3)21-14-16-15-12(19-14)9-11-7-6-8-20-11/h6-8,10H,4-5,9H2,1-3H3/t10-/m1/s1. The summed E-state index contributed by atoms with van der Waals surface area (Å²) in [5.41, 5.74) is 0. The second kappa shape index (κ2) is 7.61. The van der Waals surface area contributed by atoms with Crippen molar-refractivity contribution >= 4 is 29.0 Å². The average Bonchev–Trinajstić information content (AvgIpc) is 3.12. The molecule has 0 aliphatic heterocycles. The summed E-state index contributed by atoms with van der Waals surface area (Å²) < 4.78 is 5.60. The summed E-state index contributed by atoms with van der Waals surface area (Å²) in [4.78, 5) is 15.2. The predicted molar refractivity (Wildman–Crippen MR) is 84.7 cm³/mol. The van der Waals surface area contributed by atoms with Crippen molar-refractivity contribution in [1.82, 2.24) is 15.1 Å². The fourth-order valence-corrected chi connectivity index (χ4v) is 3.39. The molecule has 0 aromatic carbocycles. The van der Waals surface area contributed by atoms with Gasteiger partial charge < -0.3 is 9.32 Å². The van der Waals surface area contributed by atoms with E-state index >= 15 is 0 Å². The zero-order chi connectivity index (χ0) is 15.2. The van der Waals surface area contributed by atoms with Crippen molar-refractivity contribution in [1.29, 1.82) is 0 Å². The molecule has 0 radical (unpaired) electrons. The van der Waals surface area contributed by atoms with Crippen LogP contribution in [0.15, 0.2) is 27.2 Å². The summed E-state index contributed by atoms with van der Waals surface area (Å²) in [5, 5.41) is 10.3. The molecule has 1 amide bonds. The molecule has 2 aromatic heterocycles. The summed E-state index contributed by atoms with van der Waals surface area (Å²) in [6, 6.07) is 4.03. The first kappa shape index (κ1) is 16.0. The molecular formula is C14H19N3O2S2. The molecule has 0 saturated carbocycles. The monoisotopic (exact) mass is 325 g/mol. The third-order valence-corrected chi connectivity index (χ3v) is 4.85. The number of carbonyl (C=O) groups is 1. The highest BCUT2D eigenvalue weighted by Crippen LogP contribution is 2.24. The van der Waals surface area contributed by atoms with E-state index in [1.54, 1.807) is 16.2 Å². The van der Waals surface area contributed by atoms with E-state index < -0.39 is 0 Å². The van der Waals surface area contributed by atoms with Crippen molar-refractivity contribution < 1.29 is 9.21 Å². The van der Waals surface area contributed by atoms with E-state index in [-0.39, 0.29) is 11.2 Å². The first-order valence-corrected chi connectivity index (χ1v) is 8.70. The van der Waals surface area contributed by atoms with Gasteiger partial charge in [-0.05, 0) is 32.2 Å². The first-order valence-electron chi connectivity index (χ1n) is 6.94. The summed E-state index contributed by atoms with van der Waals surface area (Å²) in [5.74, 6) is 0.686. The third kappa shape index (κ3) is 4.31. The maximum Gasteiger partial charge on any atom is 0.277 e. The SMILES string of the molecule is CCN(CC)C(=O)[C@@H](C)Sc1nnc(Cc2cccs2)o1. The summed E-state index contributed by atoms with van der Waals surface area (Å²) >= 11 is 2.98. The number of thioether (sulfide) groups is 1. The normalized spacial score (nSPS) is 12.3. The molecule has 0 fully saturated rings. The van der Waals surface area contributed by atoms with Gasteiger partial charge in [-0.25, -0.2) is 0 Å². The van der Waals surface area contributed by atoms with Crippen LogP contribution in [0, 0.1) is 0 Å². The number of aromatic nitrogens is 2. The molecule has 0 bridgehead atoms. The number of amides is 1. The Morgan fingerprint density at radius 2 is 2.19 bits per heavy atom. The average molecular weight is 325 g/mol. The molecule has 0 spiro atoms. The lowest BCUT2D eigenvalue weighted by Crippen LogP contribution is -2.36. The predicted octanol–water partition coefficient (Wildman–Crippen LogP) is 3.07. The van der Waals surface area contributed by atoms with Crippen LogP contribution in [-0.4, -0.2) is 39.3 Å². The van der Waals surface area contributed by atoms with Crippen LogP contribution in [0.25, 0.3) is 0 Å². The number of carbonyl (C=O) groups excluding carboxylic acids is 1. The molecule has 7 heteroatoms. The number of thiophene rings is 1. The van der Waals surface area contributed by atoms with Gasteiger partial charge in [-0.2, -0.15) is 0 Å². The Hall–Kier alpha value is -1.34. The van der Waals surface area contributed by atoms with Gasteiger partial charge in [0, 0.05) is 18.0 Å². The van der Waals surface area contributed by atoms with Crippen molar-refractivity contribution in [3.63, 3.8) is 0 Å². The Labute approximate surface area is 132 Å². The van der Waals surface area contributed by atoms with Crippen molar-refractivity contribution in [2.75, 3.05) is 13.1 Å². The lowest BCUT2D eigenvalue weighted by Gasteiger charge is -2.21. The molecule has 0 N–H and O–H groups in total. The lowest BCUT2D eigenvalue weighted by atomic mass is 10.3. The summed E-state index contributed by atoms with van der Waals surface area (Å²) in [6.45, 7) is 7.26. The van der Waals surface area contributed by atoms with Crippen LogP contribution >= 0.6 is 23.1 Å². The highest BCUT2D eigenvalue weighted by atomic mass is 32.2. The molecule has 21 heavy (non-hydrogen) atoms. The van der Waals surface area contributed by atoms with E-state index in [4.69, 9.17) is 4.42 Å². The zero-order valence-corrected chi connectivity index (χ0v) is 14.0. The van der Waals surface area contributed by atoms with E-state index in [2.05, 4.69) is 10.2 Å². The van der Waals surface area contributed by atoms with Crippen LogP contribution in [0.4, 0.5) is 0 Å². The minimum absolute atomic E-state index is 0.100. The Balaban J connectivity index is 1.94. The molecular weight excluding hydrogens is 306 g/mol. The van der Waals surface area contributed by atoms with Gasteiger partial charge in [0.1, 0.15) is 0 Å². The largest absolute Gasteiger partial charge is 0.416 e. The van der Waals surface area contributed by atoms with Gasteiger partial charge in [0.05, 0.1) is 11.7 Å². The van der Waals surface area contributed by atoms with Crippen LogP contribution < -0.4 is 0 Å². The van der Waals surface area contributed by atoms with E-state index in [1.807, 2.05) is 38.3 Å². The second-order valence-electron chi connectivity index (χ2n) is 4.49. The van der Waals surface area contributed by atoms with E-state index in [9.17, 15) is 4.79 Å². The van der Waals surface area contributed by atoms with Crippen molar-refractivity contribution in [3.8, 4) is 0 Å². The fraction of sp³-hybridized carbons (Fsp3) is 0.500. The molecule has 0 aliphatic rings. The summed E-state index contributed by atoms with van der Waals surface area (Å²) in [6.07, 6.45) is 0.642. The van der Waals surface area contributed by atoms with Crippen LogP contribution in [0.1, 0.15) is 31.5 Å². The number of hydrogen-bond donors (Lipinski definition) is 0. The van der Waals surface area contributed by atoms with Gasteiger partial charge in [-0.1, -0.05) is 17.8 Å². The highest BCUT2D eigenvalue weighted by molar-refractivity contribution is 8.00. The topological polar surface area (TPSA) is 59.2 Å². The second-order valence-corrected chi connectivity index (χ2v) is 6.81. The van der Waals surface area contributed by atoms with Gasteiger partial charge in [0.2, 0.25) is 11.8 Å². The molecule has 2 heterocycles. The molecule has 114 valence electrons. The Morgan fingerprint density at radius 1 is 1.43 bits per heavy atom. The quantitative estimate of drug-likeness (QED) is 0.732. The lowest BCUT2D eigenvalue weighted by molar-refractivity contribution is -0.129. The van der Waals surface area contributed by atoms with Gasteiger partial charge in [0.25, 0.3) is 5.22 Å². The van der Waals surface area contributed by atoms with Crippen LogP contribution in [0.5, 0.6) is 0 Å². The van der Waals surface area contributed by atoms with Crippen molar-refractivity contribution in [3.05, 3.63) is 28.3 Å². The first-order chi connectivity index (χ1) is 10.1.